The highest BCUT2D eigenvalue weighted by Gasteiger charge is 2.17. The highest BCUT2D eigenvalue weighted by Crippen LogP contribution is 2.33. The number of nitrogens with zero attached hydrogens (tertiary/aromatic N) is 2. The molecule has 0 bridgehead atoms. The van der Waals surface area contributed by atoms with Crippen LogP contribution in [0.5, 0.6) is 0 Å². The standard InChI is InChI=1S/C10H12ClFN2S/c11-10-13-6-8(12)9(14-10)15-7-4-2-1-3-5-7/h6-7H,1-5H2. The Hall–Kier alpha value is -0.350. The van der Waals surface area contributed by atoms with Crippen molar-refractivity contribution in [1.82, 2.24) is 9.97 Å². The van der Waals surface area contributed by atoms with Crippen LogP contribution in [0.25, 0.3) is 0 Å². The fraction of sp³-hybridized carbons (Fsp3) is 0.600. The molecule has 2 rings (SSSR count). The molecule has 5 heteroatoms. The van der Waals surface area contributed by atoms with E-state index in [9.17, 15) is 4.39 Å². The molecule has 0 atom stereocenters. The normalized spacial score (nSPS) is 18.0. The molecule has 1 aromatic heterocycles. The minimum atomic E-state index is -0.366. The summed E-state index contributed by atoms with van der Waals surface area (Å²) in [5.74, 6) is -0.366. The molecule has 0 aromatic carbocycles. The van der Waals surface area contributed by atoms with Crippen LogP contribution in [-0.4, -0.2) is 15.2 Å². The van der Waals surface area contributed by atoms with E-state index in [0.717, 1.165) is 19.0 Å². The van der Waals surface area contributed by atoms with Crippen molar-refractivity contribution in [2.75, 3.05) is 0 Å². The van der Waals surface area contributed by atoms with E-state index in [-0.39, 0.29) is 11.1 Å². The van der Waals surface area contributed by atoms with Crippen LogP contribution in [0.1, 0.15) is 32.1 Å². The van der Waals surface area contributed by atoms with Crippen molar-refractivity contribution in [3.8, 4) is 0 Å². The summed E-state index contributed by atoms with van der Waals surface area (Å²) in [5.41, 5.74) is 0. The van der Waals surface area contributed by atoms with Crippen LogP contribution in [0, 0.1) is 5.82 Å². The average molecular weight is 247 g/mol. The fourth-order valence-electron chi connectivity index (χ4n) is 1.75. The zero-order chi connectivity index (χ0) is 10.7. The second-order valence-electron chi connectivity index (χ2n) is 3.67. The molecule has 1 fully saturated rings. The summed E-state index contributed by atoms with van der Waals surface area (Å²) in [6, 6.07) is 0. The number of hydrogen-bond donors (Lipinski definition) is 0. The number of hydrogen-bond acceptors (Lipinski definition) is 3. The van der Waals surface area contributed by atoms with Crippen LogP contribution >= 0.6 is 23.4 Å². The summed E-state index contributed by atoms with van der Waals surface area (Å²) in [6.45, 7) is 0. The predicted octanol–water partition coefficient (Wildman–Crippen LogP) is 3.69. The Bertz CT molecular complexity index is 342. The molecule has 1 aliphatic carbocycles. The van der Waals surface area contributed by atoms with Gasteiger partial charge < -0.3 is 0 Å². The van der Waals surface area contributed by atoms with Crippen LogP contribution in [-0.2, 0) is 0 Å². The lowest BCUT2D eigenvalue weighted by atomic mass is 10.0. The topological polar surface area (TPSA) is 25.8 Å². The molecule has 0 aliphatic heterocycles. The Balaban J connectivity index is 2.05. The first-order chi connectivity index (χ1) is 7.25. The second kappa shape index (κ2) is 5.12. The Morgan fingerprint density at radius 3 is 2.80 bits per heavy atom. The van der Waals surface area contributed by atoms with Gasteiger partial charge in [-0.1, -0.05) is 31.0 Å². The fourth-order valence-corrected chi connectivity index (χ4v) is 3.13. The van der Waals surface area contributed by atoms with Gasteiger partial charge in [0, 0.05) is 5.25 Å². The van der Waals surface area contributed by atoms with Gasteiger partial charge >= 0.3 is 0 Å². The highest BCUT2D eigenvalue weighted by molar-refractivity contribution is 7.99. The maximum Gasteiger partial charge on any atom is 0.223 e. The van der Waals surface area contributed by atoms with E-state index in [1.807, 2.05) is 0 Å². The molecule has 1 saturated carbocycles. The Labute approximate surface area is 97.6 Å². The summed E-state index contributed by atoms with van der Waals surface area (Å²) < 4.78 is 13.3. The summed E-state index contributed by atoms with van der Waals surface area (Å²) in [7, 11) is 0. The van der Waals surface area contributed by atoms with Crippen molar-refractivity contribution >= 4 is 23.4 Å². The Kier molecular flexibility index (Phi) is 3.81. The van der Waals surface area contributed by atoms with E-state index in [1.165, 1.54) is 31.0 Å². The van der Waals surface area contributed by atoms with E-state index in [4.69, 9.17) is 11.6 Å². The van der Waals surface area contributed by atoms with Crippen LogP contribution < -0.4 is 0 Å². The maximum atomic E-state index is 13.3. The molecule has 0 unspecified atom stereocenters. The molecule has 0 spiro atoms. The number of halogens is 2. The zero-order valence-corrected chi connectivity index (χ0v) is 9.82. The lowest BCUT2D eigenvalue weighted by Gasteiger charge is -2.20. The maximum absolute atomic E-state index is 13.3. The van der Waals surface area contributed by atoms with Crippen LogP contribution in [0.3, 0.4) is 0 Å². The van der Waals surface area contributed by atoms with Crippen LogP contribution in [0.4, 0.5) is 4.39 Å². The molecular weight excluding hydrogens is 235 g/mol. The van der Waals surface area contributed by atoms with Gasteiger partial charge in [-0.3, -0.25) is 0 Å². The lowest BCUT2D eigenvalue weighted by molar-refractivity contribution is 0.513. The Morgan fingerprint density at radius 1 is 1.33 bits per heavy atom. The number of thioether (sulfide) groups is 1. The molecule has 0 amide bonds. The van der Waals surface area contributed by atoms with Gasteiger partial charge in [0.05, 0.1) is 6.20 Å². The van der Waals surface area contributed by atoms with Crippen molar-refractivity contribution in [2.24, 2.45) is 0 Å². The van der Waals surface area contributed by atoms with Gasteiger partial charge in [0.15, 0.2) is 5.82 Å². The first-order valence-electron chi connectivity index (χ1n) is 5.10. The molecule has 1 aliphatic rings. The Morgan fingerprint density at radius 2 is 2.07 bits per heavy atom. The van der Waals surface area contributed by atoms with Gasteiger partial charge in [0.1, 0.15) is 5.03 Å². The van der Waals surface area contributed by atoms with Crippen molar-refractivity contribution in [1.29, 1.82) is 0 Å². The summed E-state index contributed by atoms with van der Waals surface area (Å²) >= 11 is 7.13. The minimum absolute atomic E-state index is 0.120. The van der Waals surface area contributed by atoms with Crippen molar-refractivity contribution in [3.63, 3.8) is 0 Å². The molecule has 1 aromatic rings. The van der Waals surface area contributed by atoms with Gasteiger partial charge in [-0.15, -0.1) is 0 Å². The van der Waals surface area contributed by atoms with Crippen LogP contribution in [0.2, 0.25) is 5.28 Å². The van der Waals surface area contributed by atoms with Crippen molar-refractivity contribution < 1.29 is 4.39 Å². The first-order valence-corrected chi connectivity index (χ1v) is 6.36. The SMILES string of the molecule is Fc1cnc(Cl)nc1SC1CCCCC1. The van der Waals surface area contributed by atoms with E-state index in [1.54, 1.807) is 0 Å². The predicted molar refractivity (Wildman–Crippen MR) is 59.7 cm³/mol. The van der Waals surface area contributed by atoms with Gasteiger partial charge in [-0.25, -0.2) is 14.4 Å². The van der Waals surface area contributed by atoms with Gasteiger partial charge in [0.25, 0.3) is 0 Å². The third-order valence-electron chi connectivity index (χ3n) is 2.51. The summed E-state index contributed by atoms with van der Waals surface area (Å²) in [5, 5.41) is 0.996. The smallest absolute Gasteiger partial charge is 0.223 e. The zero-order valence-electron chi connectivity index (χ0n) is 8.25. The molecule has 0 saturated heterocycles. The summed E-state index contributed by atoms with van der Waals surface area (Å²) in [6.07, 6.45) is 7.19. The first kappa shape index (κ1) is 11.1. The van der Waals surface area contributed by atoms with E-state index < -0.39 is 0 Å². The number of aromatic nitrogens is 2. The number of rotatable bonds is 2. The molecule has 15 heavy (non-hydrogen) atoms. The van der Waals surface area contributed by atoms with Gasteiger partial charge in [-0.05, 0) is 24.4 Å². The van der Waals surface area contributed by atoms with Crippen LogP contribution in [0.15, 0.2) is 11.2 Å². The van der Waals surface area contributed by atoms with Crippen molar-refractivity contribution in [2.45, 2.75) is 42.4 Å². The van der Waals surface area contributed by atoms with E-state index in [2.05, 4.69) is 9.97 Å². The summed E-state index contributed by atoms with van der Waals surface area (Å²) in [4.78, 5) is 7.51. The highest BCUT2D eigenvalue weighted by atomic mass is 35.5. The molecule has 82 valence electrons. The van der Waals surface area contributed by atoms with Gasteiger partial charge in [-0.2, -0.15) is 0 Å². The molecular formula is C10H12ClFN2S. The minimum Gasteiger partial charge on any atom is -0.223 e. The monoisotopic (exact) mass is 246 g/mol. The van der Waals surface area contributed by atoms with E-state index >= 15 is 0 Å². The van der Waals surface area contributed by atoms with Gasteiger partial charge in [0.2, 0.25) is 5.28 Å². The van der Waals surface area contributed by atoms with E-state index in [0.29, 0.717) is 10.3 Å². The molecule has 1 heterocycles. The lowest BCUT2D eigenvalue weighted by Crippen LogP contribution is -2.08. The second-order valence-corrected chi connectivity index (χ2v) is 5.30. The van der Waals surface area contributed by atoms with Crippen molar-refractivity contribution in [3.05, 3.63) is 17.3 Å². The quantitative estimate of drug-likeness (QED) is 0.588. The molecule has 0 radical (unpaired) electrons. The third kappa shape index (κ3) is 3.05. The third-order valence-corrected chi connectivity index (χ3v) is 4.01. The molecule has 2 nitrogen and oxygen atoms in total. The average Bonchev–Trinajstić information content (AvgIpc) is 2.25. The molecule has 0 N–H and O–H groups in total. The largest absolute Gasteiger partial charge is 0.223 e.